The van der Waals surface area contributed by atoms with Crippen molar-refractivity contribution in [2.45, 2.75) is 13.0 Å². The van der Waals surface area contributed by atoms with E-state index in [4.69, 9.17) is 0 Å². The molecule has 168 valence electrons. The number of piperazine rings is 1. The van der Waals surface area contributed by atoms with Crippen molar-refractivity contribution < 1.29 is 0 Å². The molecule has 5 rings (SSSR count). The van der Waals surface area contributed by atoms with E-state index in [1.165, 1.54) is 10.4 Å². The Morgan fingerprint density at radius 2 is 1.12 bits per heavy atom. The Hall–Kier alpha value is -3.64. The molecule has 1 aliphatic heterocycles. The van der Waals surface area contributed by atoms with Crippen LogP contribution < -0.4 is 16.0 Å². The molecule has 0 atom stereocenters. The van der Waals surface area contributed by atoms with Crippen LogP contribution >= 0.6 is 0 Å². The number of fused-ring (bicyclic) bond motifs is 1. The van der Waals surface area contributed by atoms with Crippen LogP contribution in [0.25, 0.3) is 16.5 Å². The van der Waals surface area contributed by atoms with Gasteiger partial charge in [0, 0.05) is 45.0 Å². The molecule has 0 amide bonds. The van der Waals surface area contributed by atoms with Gasteiger partial charge in [0.15, 0.2) is 0 Å². The number of hydrogen-bond donors (Lipinski definition) is 0. The number of aromatic nitrogens is 2. The zero-order valence-electron chi connectivity index (χ0n) is 18.6. The maximum absolute atomic E-state index is 13.3. The Labute approximate surface area is 192 Å². The third kappa shape index (κ3) is 4.34. The molecule has 6 heteroatoms. The first-order valence-corrected chi connectivity index (χ1v) is 11.5. The molecule has 0 spiro atoms. The summed E-state index contributed by atoms with van der Waals surface area (Å²) in [5.41, 5.74) is 1.70. The van der Waals surface area contributed by atoms with Gasteiger partial charge in [0.05, 0.1) is 16.5 Å². The fourth-order valence-corrected chi connectivity index (χ4v) is 4.65. The summed E-state index contributed by atoms with van der Waals surface area (Å²) in [5.74, 6) is 0. The van der Waals surface area contributed by atoms with E-state index in [2.05, 4.69) is 34.1 Å². The van der Waals surface area contributed by atoms with Gasteiger partial charge in [0.2, 0.25) is 0 Å². The Balaban J connectivity index is 1.34. The molecule has 0 N–H and O–H groups in total. The molecule has 2 heterocycles. The first-order valence-electron chi connectivity index (χ1n) is 11.5. The predicted octanol–water partition coefficient (Wildman–Crippen LogP) is 3.36. The van der Waals surface area contributed by atoms with Crippen molar-refractivity contribution in [1.29, 1.82) is 0 Å². The van der Waals surface area contributed by atoms with Crippen molar-refractivity contribution in [3.05, 3.63) is 106 Å². The van der Waals surface area contributed by atoms with Crippen LogP contribution in [0.5, 0.6) is 0 Å². The lowest BCUT2D eigenvalue weighted by Crippen LogP contribution is -2.47. The molecule has 6 nitrogen and oxygen atoms in total. The van der Waals surface area contributed by atoms with Gasteiger partial charge in [0.25, 0.3) is 11.1 Å². The van der Waals surface area contributed by atoms with E-state index in [0.29, 0.717) is 23.0 Å². The lowest BCUT2D eigenvalue weighted by atomic mass is 10.2. The van der Waals surface area contributed by atoms with Gasteiger partial charge >= 0.3 is 0 Å². The fourth-order valence-electron chi connectivity index (χ4n) is 4.65. The summed E-state index contributed by atoms with van der Waals surface area (Å²) in [6.07, 6.45) is 0.801. The smallest absolute Gasteiger partial charge is 0.278 e. The van der Waals surface area contributed by atoms with E-state index in [-0.39, 0.29) is 11.1 Å². The maximum Gasteiger partial charge on any atom is 0.278 e. The summed E-state index contributed by atoms with van der Waals surface area (Å²) in [6, 6.07) is 27.0. The third-order valence-electron chi connectivity index (χ3n) is 6.39. The van der Waals surface area contributed by atoms with Crippen molar-refractivity contribution in [3.63, 3.8) is 0 Å². The first-order chi connectivity index (χ1) is 16.2. The number of rotatable bonds is 6. The number of hydrogen-bond acceptors (Lipinski definition) is 4. The van der Waals surface area contributed by atoms with Crippen LogP contribution in [0.15, 0.2) is 94.5 Å². The molecule has 0 aliphatic carbocycles. The number of para-hydroxylation sites is 2. The molecule has 33 heavy (non-hydrogen) atoms. The van der Waals surface area contributed by atoms with E-state index in [1.54, 1.807) is 22.9 Å². The molecule has 1 aromatic heterocycles. The topological polar surface area (TPSA) is 50.5 Å². The molecule has 0 saturated carbocycles. The monoisotopic (exact) mass is 440 g/mol. The summed E-state index contributed by atoms with van der Waals surface area (Å²) in [7, 11) is 0. The summed E-state index contributed by atoms with van der Waals surface area (Å²) >= 11 is 0. The van der Waals surface area contributed by atoms with Crippen LogP contribution in [-0.4, -0.2) is 47.0 Å². The van der Waals surface area contributed by atoms with Crippen LogP contribution in [0.2, 0.25) is 0 Å². The SMILES string of the molecule is O=c1c2ccccc2c(=O)n(-c2ccccc2)n1CCCN1CCN(c2ccccc2)CC1. The van der Waals surface area contributed by atoms with Gasteiger partial charge in [-0.1, -0.05) is 48.5 Å². The minimum Gasteiger partial charge on any atom is -0.369 e. The molecule has 0 bridgehead atoms. The second-order valence-corrected chi connectivity index (χ2v) is 8.44. The molecule has 3 aromatic carbocycles. The average molecular weight is 441 g/mol. The van der Waals surface area contributed by atoms with E-state index >= 15 is 0 Å². The zero-order valence-corrected chi connectivity index (χ0v) is 18.6. The predicted molar refractivity (Wildman–Crippen MR) is 134 cm³/mol. The summed E-state index contributed by atoms with van der Waals surface area (Å²) in [6.45, 7) is 5.36. The van der Waals surface area contributed by atoms with Gasteiger partial charge in [-0.25, -0.2) is 9.36 Å². The average Bonchev–Trinajstić information content (AvgIpc) is 2.88. The maximum atomic E-state index is 13.3. The van der Waals surface area contributed by atoms with Crippen LogP contribution in [0.1, 0.15) is 6.42 Å². The van der Waals surface area contributed by atoms with Crippen LogP contribution in [0.3, 0.4) is 0 Å². The van der Waals surface area contributed by atoms with Gasteiger partial charge in [-0.3, -0.25) is 14.5 Å². The molecule has 1 aliphatic rings. The number of nitrogens with zero attached hydrogens (tertiary/aromatic N) is 4. The van der Waals surface area contributed by atoms with Crippen molar-refractivity contribution in [2.75, 3.05) is 37.6 Å². The second-order valence-electron chi connectivity index (χ2n) is 8.44. The summed E-state index contributed by atoms with van der Waals surface area (Å²) in [4.78, 5) is 31.5. The van der Waals surface area contributed by atoms with Crippen molar-refractivity contribution in [2.24, 2.45) is 0 Å². The standard InChI is InChI=1S/C27H28N4O2/c32-26-24-14-7-8-15-25(24)27(33)31(23-12-5-2-6-13-23)30(26)17-9-16-28-18-20-29(21-19-28)22-10-3-1-4-11-22/h1-8,10-15H,9,16-21H2. The first kappa shape index (κ1) is 21.2. The van der Waals surface area contributed by atoms with Crippen molar-refractivity contribution in [3.8, 4) is 5.69 Å². The van der Waals surface area contributed by atoms with Crippen molar-refractivity contribution >= 4 is 16.5 Å². The number of anilines is 1. The summed E-state index contributed by atoms with van der Waals surface area (Å²) < 4.78 is 3.15. The number of benzene rings is 3. The molecular formula is C27H28N4O2. The van der Waals surface area contributed by atoms with E-state index in [9.17, 15) is 9.59 Å². The van der Waals surface area contributed by atoms with E-state index in [1.807, 2.05) is 42.5 Å². The minimum absolute atomic E-state index is 0.122. The molecule has 0 radical (unpaired) electrons. The molecular weight excluding hydrogens is 412 g/mol. The molecule has 4 aromatic rings. The van der Waals surface area contributed by atoms with Crippen LogP contribution in [-0.2, 0) is 6.54 Å². The largest absolute Gasteiger partial charge is 0.369 e. The summed E-state index contributed by atoms with van der Waals surface area (Å²) in [5, 5.41) is 0.936. The Kier molecular flexibility index (Phi) is 6.09. The van der Waals surface area contributed by atoms with E-state index < -0.39 is 0 Å². The highest BCUT2D eigenvalue weighted by Crippen LogP contribution is 2.16. The zero-order chi connectivity index (χ0) is 22.6. The lowest BCUT2D eigenvalue weighted by Gasteiger charge is -2.36. The highest BCUT2D eigenvalue weighted by Gasteiger charge is 2.18. The highest BCUT2D eigenvalue weighted by atomic mass is 16.2. The highest BCUT2D eigenvalue weighted by molar-refractivity contribution is 5.80. The van der Waals surface area contributed by atoms with Gasteiger partial charge in [-0.2, -0.15) is 0 Å². The van der Waals surface area contributed by atoms with Crippen LogP contribution in [0, 0.1) is 0 Å². The van der Waals surface area contributed by atoms with Gasteiger partial charge in [-0.05, 0) is 42.8 Å². The molecule has 1 saturated heterocycles. The van der Waals surface area contributed by atoms with Gasteiger partial charge in [0.1, 0.15) is 0 Å². The fraction of sp³-hybridized carbons (Fsp3) is 0.259. The van der Waals surface area contributed by atoms with Gasteiger partial charge < -0.3 is 4.90 Å². The third-order valence-corrected chi connectivity index (χ3v) is 6.39. The lowest BCUT2D eigenvalue weighted by molar-refractivity contribution is 0.247. The minimum atomic E-state index is -0.159. The quantitative estimate of drug-likeness (QED) is 0.461. The van der Waals surface area contributed by atoms with Crippen molar-refractivity contribution in [1.82, 2.24) is 14.3 Å². The Morgan fingerprint density at radius 1 is 0.576 bits per heavy atom. The van der Waals surface area contributed by atoms with E-state index in [0.717, 1.165) is 39.1 Å². The van der Waals surface area contributed by atoms with Crippen LogP contribution in [0.4, 0.5) is 5.69 Å². The van der Waals surface area contributed by atoms with Gasteiger partial charge in [-0.15, -0.1) is 0 Å². The Morgan fingerprint density at radius 3 is 1.76 bits per heavy atom. The second kappa shape index (κ2) is 9.46. The molecule has 1 fully saturated rings. The normalized spacial score (nSPS) is 14.6. The Bertz CT molecular complexity index is 1340. The molecule has 0 unspecified atom stereocenters.